The Kier molecular flexibility index (Phi) is 9.39. The Balaban J connectivity index is 1.62. The van der Waals surface area contributed by atoms with E-state index in [0.717, 1.165) is 50.6 Å². The number of hydrogen-bond acceptors (Lipinski definition) is 3. The predicted molar refractivity (Wildman–Crippen MR) is 190 cm³/mol. The van der Waals surface area contributed by atoms with Crippen LogP contribution in [-0.2, 0) is 0 Å². The zero-order valence-electron chi connectivity index (χ0n) is 25.7. The van der Waals surface area contributed by atoms with E-state index in [1.807, 2.05) is 24.3 Å². The molecule has 0 saturated heterocycles. The molecule has 6 aromatic rings. The van der Waals surface area contributed by atoms with Crippen LogP contribution in [0, 0.1) is 0 Å². The summed E-state index contributed by atoms with van der Waals surface area (Å²) in [5, 5.41) is 3.87. The van der Waals surface area contributed by atoms with Crippen molar-refractivity contribution >= 4 is 35.5 Å². The average Bonchev–Trinajstić information content (AvgIpc) is 3.12. The Hall–Kier alpha value is -5.11. The fourth-order valence-electron chi connectivity index (χ4n) is 5.62. The lowest BCUT2D eigenvalue weighted by Gasteiger charge is -2.25. The highest BCUT2D eigenvalue weighted by Gasteiger charge is 2.24. The molecule has 0 aromatic heterocycles. The van der Waals surface area contributed by atoms with Gasteiger partial charge in [0, 0.05) is 5.56 Å². The molecule has 6 rings (SSSR count). The van der Waals surface area contributed by atoms with E-state index < -0.39 is 7.92 Å². The molecule has 0 fully saturated rings. The molecule has 222 valence electrons. The molecule has 0 spiro atoms. The van der Waals surface area contributed by atoms with Gasteiger partial charge in [-0.25, -0.2) is 0 Å². The second-order valence-corrected chi connectivity index (χ2v) is 12.7. The first-order valence-corrected chi connectivity index (χ1v) is 16.2. The van der Waals surface area contributed by atoms with Gasteiger partial charge in [-0.1, -0.05) is 121 Å². The van der Waals surface area contributed by atoms with Gasteiger partial charge >= 0.3 is 0 Å². The summed E-state index contributed by atoms with van der Waals surface area (Å²) in [5.74, 6) is 2.46. The van der Waals surface area contributed by atoms with E-state index in [1.54, 1.807) is 21.3 Å². The lowest BCUT2D eigenvalue weighted by Crippen LogP contribution is -2.22. The normalized spacial score (nSPS) is 11.3. The summed E-state index contributed by atoms with van der Waals surface area (Å²) in [5.41, 5.74) is 6.52. The summed E-state index contributed by atoms with van der Waals surface area (Å²) >= 11 is 0. The van der Waals surface area contributed by atoms with Crippen LogP contribution in [0.2, 0.25) is 0 Å². The van der Waals surface area contributed by atoms with Crippen molar-refractivity contribution in [3.63, 3.8) is 0 Å². The number of benzene rings is 6. The summed E-state index contributed by atoms with van der Waals surface area (Å²) in [6.45, 7) is 0. The quantitative estimate of drug-likeness (QED) is 0.115. The molecular formula is C41H35O3P. The predicted octanol–water partition coefficient (Wildman–Crippen LogP) is 8.73. The van der Waals surface area contributed by atoms with Crippen molar-refractivity contribution in [2.45, 2.75) is 0 Å². The molecule has 0 heterocycles. The molecule has 0 saturated carbocycles. The van der Waals surface area contributed by atoms with Gasteiger partial charge in [-0.05, 0) is 88.1 Å². The van der Waals surface area contributed by atoms with Crippen LogP contribution in [0.15, 0.2) is 152 Å². The Morgan fingerprint density at radius 1 is 0.511 bits per heavy atom. The number of ether oxygens (including phenoxy) is 3. The summed E-state index contributed by atoms with van der Waals surface area (Å²) in [4.78, 5) is 0. The lowest BCUT2D eigenvalue weighted by molar-refractivity contribution is 0.414. The third kappa shape index (κ3) is 6.55. The summed E-state index contributed by atoms with van der Waals surface area (Å²) in [6, 6.07) is 53.1. The highest BCUT2D eigenvalue weighted by molar-refractivity contribution is 7.80. The largest absolute Gasteiger partial charge is 0.497 e. The maximum Gasteiger partial charge on any atom is 0.127 e. The van der Waals surface area contributed by atoms with E-state index in [9.17, 15) is 0 Å². The molecule has 0 aliphatic heterocycles. The zero-order valence-corrected chi connectivity index (χ0v) is 26.6. The van der Waals surface area contributed by atoms with E-state index in [0.29, 0.717) is 0 Å². The molecule has 4 heteroatoms. The third-order valence-electron chi connectivity index (χ3n) is 7.81. The fourth-order valence-corrected chi connectivity index (χ4v) is 8.08. The van der Waals surface area contributed by atoms with E-state index in [2.05, 4.69) is 133 Å². The molecular weight excluding hydrogens is 571 g/mol. The second-order valence-electron chi connectivity index (χ2n) is 10.5. The van der Waals surface area contributed by atoms with Crippen LogP contribution in [0.4, 0.5) is 0 Å². The van der Waals surface area contributed by atoms with Gasteiger partial charge in [-0.15, -0.1) is 0 Å². The first-order chi connectivity index (χ1) is 22.2. The maximum absolute atomic E-state index is 6.13. The standard InChI is InChI=1S/C41H35O3P/c1-42-32-25-21-30(22-26-32)29-38(31-23-27-33(43-2)28-24-31)36-18-12-19-39(44-3)41(36)37-17-10-11-20-40(37)45(34-13-6-4-7-14-34)35-15-8-5-9-16-35/h4-29H,1-3H3/b38-29+. The van der Waals surface area contributed by atoms with Crippen LogP contribution in [-0.4, -0.2) is 21.3 Å². The molecule has 6 aromatic carbocycles. The Labute approximate surface area is 267 Å². The molecule has 0 bridgehead atoms. The van der Waals surface area contributed by atoms with Crippen molar-refractivity contribution in [3.8, 4) is 28.4 Å². The van der Waals surface area contributed by atoms with Crippen LogP contribution in [0.1, 0.15) is 16.7 Å². The SMILES string of the molecule is COc1ccc(/C=C(\c2ccc(OC)cc2)c2cccc(OC)c2-c2ccccc2P(c2ccccc2)c2ccccc2)cc1. The molecule has 0 atom stereocenters. The minimum absolute atomic E-state index is 0.815. The van der Waals surface area contributed by atoms with Crippen molar-refractivity contribution in [2.24, 2.45) is 0 Å². The molecule has 0 N–H and O–H groups in total. The third-order valence-corrected chi connectivity index (χ3v) is 10.3. The van der Waals surface area contributed by atoms with Gasteiger partial charge in [0.1, 0.15) is 17.2 Å². The Morgan fingerprint density at radius 3 is 1.64 bits per heavy atom. The van der Waals surface area contributed by atoms with E-state index in [-0.39, 0.29) is 0 Å². The first kappa shape index (κ1) is 29.9. The first-order valence-electron chi connectivity index (χ1n) is 14.9. The van der Waals surface area contributed by atoms with E-state index in [4.69, 9.17) is 14.2 Å². The summed E-state index contributed by atoms with van der Waals surface area (Å²) in [7, 11) is 4.27. The number of rotatable bonds is 10. The van der Waals surface area contributed by atoms with Crippen LogP contribution < -0.4 is 30.1 Å². The van der Waals surface area contributed by atoms with Gasteiger partial charge in [-0.3, -0.25) is 0 Å². The molecule has 3 nitrogen and oxygen atoms in total. The molecule has 0 aliphatic rings. The zero-order chi connectivity index (χ0) is 31.0. The van der Waals surface area contributed by atoms with Gasteiger partial charge in [-0.2, -0.15) is 0 Å². The second kappa shape index (κ2) is 14.1. The smallest absolute Gasteiger partial charge is 0.127 e. The van der Waals surface area contributed by atoms with Crippen molar-refractivity contribution in [3.05, 3.63) is 168 Å². The van der Waals surface area contributed by atoms with Crippen molar-refractivity contribution in [1.82, 2.24) is 0 Å². The summed E-state index contributed by atoms with van der Waals surface area (Å²) < 4.78 is 17.1. The van der Waals surface area contributed by atoms with Gasteiger partial charge in [0.25, 0.3) is 0 Å². The number of hydrogen-bond donors (Lipinski definition) is 0. The molecule has 0 unspecified atom stereocenters. The maximum atomic E-state index is 6.13. The van der Waals surface area contributed by atoms with Crippen molar-refractivity contribution in [2.75, 3.05) is 21.3 Å². The number of methoxy groups -OCH3 is 3. The minimum Gasteiger partial charge on any atom is -0.497 e. The van der Waals surface area contributed by atoms with Crippen LogP contribution in [0.3, 0.4) is 0 Å². The lowest BCUT2D eigenvalue weighted by atomic mass is 9.88. The van der Waals surface area contributed by atoms with Gasteiger partial charge in [0.05, 0.1) is 21.3 Å². The van der Waals surface area contributed by atoms with Crippen molar-refractivity contribution in [1.29, 1.82) is 0 Å². The van der Waals surface area contributed by atoms with Crippen LogP contribution >= 0.6 is 7.92 Å². The Bertz CT molecular complexity index is 1840. The van der Waals surface area contributed by atoms with Crippen molar-refractivity contribution < 1.29 is 14.2 Å². The molecule has 45 heavy (non-hydrogen) atoms. The highest BCUT2D eigenvalue weighted by atomic mass is 31.1. The van der Waals surface area contributed by atoms with Crippen LogP contribution in [0.5, 0.6) is 17.2 Å². The van der Waals surface area contributed by atoms with Gasteiger partial charge < -0.3 is 14.2 Å². The van der Waals surface area contributed by atoms with Gasteiger partial charge in [0.2, 0.25) is 0 Å². The Morgan fingerprint density at radius 2 is 1.07 bits per heavy atom. The van der Waals surface area contributed by atoms with E-state index >= 15 is 0 Å². The highest BCUT2D eigenvalue weighted by Crippen LogP contribution is 2.44. The molecule has 0 radical (unpaired) electrons. The van der Waals surface area contributed by atoms with Gasteiger partial charge in [0.15, 0.2) is 0 Å². The molecule has 0 aliphatic carbocycles. The average molecular weight is 607 g/mol. The van der Waals surface area contributed by atoms with Crippen LogP contribution in [0.25, 0.3) is 22.8 Å². The minimum atomic E-state index is -0.860. The monoisotopic (exact) mass is 606 g/mol. The van der Waals surface area contributed by atoms with E-state index in [1.165, 1.54) is 15.9 Å². The molecule has 0 amide bonds. The topological polar surface area (TPSA) is 27.7 Å². The summed E-state index contributed by atoms with van der Waals surface area (Å²) in [6.07, 6.45) is 2.24. The fraction of sp³-hybridized carbons (Fsp3) is 0.0732.